The predicted molar refractivity (Wildman–Crippen MR) is 78.7 cm³/mol. The summed E-state index contributed by atoms with van der Waals surface area (Å²) >= 11 is 0. The van der Waals surface area contributed by atoms with Crippen molar-refractivity contribution in [2.75, 3.05) is 18.5 Å². The number of ether oxygens (including phenoxy) is 1. The first kappa shape index (κ1) is 13.8. The molecule has 6 heteroatoms. The van der Waals surface area contributed by atoms with Crippen molar-refractivity contribution in [3.63, 3.8) is 0 Å². The third-order valence-corrected chi connectivity index (χ3v) is 3.60. The van der Waals surface area contributed by atoms with Crippen molar-refractivity contribution in [1.82, 2.24) is 15.2 Å². The van der Waals surface area contributed by atoms with Crippen LogP contribution in [0.3, 0.4) is 0 Å². The Balaban J connectivity index is 1.65. The highest BCUT2D eigenvalue weighted by atomic mass is 16.5. The van der Waals surface area contributed by atoms with Gasteiger partial charge in [0.2, 0.25) is 5.91 Å². The van der Waals surface area contributed by atoms with Gasteiger partial charge in [0.25, 0.3) is 0 Å². The Hall–Kier alpha value is -2.21. The third kappa shape index (κ3) is 3.28. The lowest BCUT2D eigenvalue weighted by atomic mass is 9.99. The average molecular weight is 286 g/mol. The highest BCUT2D eigenvalue weighted by molar-refractivity contribution is 5.92. The molecule has 1 aliphatic rings. The summed E-state index contributed by atoms with van der Waals surface area (Å²) in [6, 6.07) is 7.56. The molecule has 1 aromatic heterocycles. The van der Waals surface area contributed by atoms with Crippen molar-refractivity contribution in [2.45, 2.75) is 19.8 Å². The summed E-state index contributed by atoms with van der Waals surface area (Å²) in [6.07, 6.45) is 1.58. The zero-order chi connectivity index (χ0) is 14.7. The van der Waals surface area contributed by atoms with Crippen molar-refractivity contribution >= 4 is 11.6 Å². The lowest BCUT2D eigenvalue weighted by Crippen LogP contribution is -2.28. The van der Waals surface area contributed by atoms with Gasteiger partial charge in [-0.3, -0.25) is 9.89 Å². The van der Waals surface area contributed by atoms with Gasteiger partial charge >= 0.3 is 0 Å². The lowest BCUT2D eigenvalue weighted by Gasteiger charge is -2.21. The highest BCUT2D eigenvalue weighted by Gasteiger charge is 2.21. The second-order valence-corrected chi connectivity index (χ2v) is 5.20. The molecule has 1 aromatic carbocycles. The molecule has 110 valence electrons. The van der Waals surface area contributed by atoms with Crippen LogP contribution in [-0.2, 0) is 9.53 Å². The molecule has 0 aliphatic carbocycles. The van der Waals surface area contributed by atoms with Gasteiger partial charge in [-0.2, -0.15) is 5.10 Å². The predicted octanol–water partition coefficient (Wildman–Crippen LogP) is 2.15. The largest absolute Gasteiger partial charge is 0.381 e. The number of benzene rings is 1. The topological polar surface area (TPSA) is 79.9 Å². The molecule has 1 aliphatic heterocycles. The monoisotopic (exact) mass is 286 g/mol. The van der Waals surface area contributed by atoms with Crippen LogP contribution in [0, 0.1) is 12.8 Å². The summed E-state index contributed by atoms with van der Waals surface area (Å²) in [4.78, 5) is 16.4. The summed E-state index contributed by atoms with van der Waals surface area (Å²) in [5, 5.41) is 9.88. The van der Waals surface area contributed by atoms with Crippen molar-refractivity contribution in [3.05, 3.63) is 30.1 Å². The lowest BCUT2D eigenvalue weighted by molar-refractivity contribution is -0.122. The van der Waals surface area contributed by atoms with E-state index >= 15 is 0 Å². The summed E-state index contributed by atoms with van der Waals surface area (Å²) in [6.45, 7) is 3.20. The fourth-order valence-corrected chi connectivity index (χ4v) is 2.38. The molecule has 21 heavy (non-hydrogen) atoms. The van der Waals surface area contributed by atoms with Crippen LogP contribution in [0.15, 0.2) is 24.3 Å². The number of carbonyl (C=O) groups excluding carboxylic acids is 1. The molecular weight excluding hydrogens is 268 g/mol. The van der Waals surface area contributed by atoms with Crippen LogP contribution in [0.2, 0.25) is 0 Å². The van der Waals surface area contributed by atoms with Crippen molar-refractivity contribution in [3.8, 4) is 11.4 Å². The van der Waals surface area contributed by atoms with Gasteiger partial charge in [-0.1, -0.05) is 0 Å². The second-order valence-electron chi connectivity index (χ2n) is 5.20. The van der Waals surface area contributed by atoms with Crippen LogP contribution in [0.25, 0.3) is 11.4 Å². The van der Waals surface area contributed by atoms with E-state index in [0.717, 1.165) is 29.9 Å². The quantitative estimate of drug-likeness (QED) is 0.906. The van der Waals surface area contributed by atoms with E-state index in [1.165, 1.54) is 0 Å². The molecule has 1 amide bonds. The van der Waals surface area contributed by atoms with E-state index in [2.05, 4.69) is 20.5 Å². The number of H-pyrrole nitrogens is 1. The fourth-order valence-electron chi connectivity index (χ4n) is 2.38. The SMILES string of the molecule is Cc1nc(-c2ccc(NC(=O)C3CCOCC3)cc2)n[nH]1. The molecule has 6 nitrogen and oxygen atoms in total. The number of carbonyl (C=O) groups is 1. The molecule has 2 aromatic rings. The van der Waals surface area contributed by atoms with E-state index in [4.69, 9.17) is 4.74 Å². The van der Waals surface area contributed by atoms with E-state index in [-0.39, 0.29) is 11.8 Å². The van der Waals surface area contributed by atoms with E-state index in [1.54, 1.807) is 0 Å². The fraction of sp³-hybridized carbons (Fsp3) is 0.400. The first-order valence-electron chi connectivity index (χ1n) is 7.10. The molecular formula is C15H18N4O2. The highest BCUT2D eigenvalue weighted by Crippen LogP contribution is 2.20. The number of aryl methyl sites for hydroxylation is 1. The van der Waals surface area contributed by atoms with E-state index in [1.807, 2.05) is 31.2 Å². The van der Waals surface area contributed by atoms with Gasteiger partial charge in [-0.15, -0.1) is 0 Å². The van der Waals surface area contributed by atoms with Crippen molar-refractivity contribution in [2.24, 2.45) is 5.92 Å². The first-order valence-corrected chi connectivity index (χ1v) is 7.10. The van der Waals surface area contributed by atoms with Crippen LogP contribution < -0.4 is 5.32 Å². The third-order valence-electron chi connectivity index (χ3n) is 3.60. The zero-order valence-electron chi connectivity index (χ0n) is 11.9. The maximum atomic E-state index is 12.1. The van der Waals surface area contributed by atoms with Gasteiger partial charge in [-0.25, -0.2) is 4.98 Å². The minimum Gasteiger partial charge on any atom is -0.381 e. The Morgan fingerprint density at radius 1 is 1.29 bits per heavy atom. The number of aromatic nitrogens is 3. The number of hydrogen-bond acceptors (Lipinski definition) is 4. The second kappa shape index (κ2) is 6.05. The number of nitrogens with one attached hydrogen (secondary N) is 2. The number of amides is 1. The molecule has 1 fully saturated rings. The average Bonchev–Trinajstić information content (AvgIpc) is 2.95. The Bertz CT molecular complexity index is 615. The molecule has 0 radical (unpaired) electrons. The molecule has 0 spiro atoms. The summed E-state index contributed by atoms with van der Waals surface area (Å²) in [5.41, 5.74) is 1.71. The molecule has 0 saturated carbocycles. The van der Waals surface area contributed by atoms with Crippen LogP contribution in [0.4, 0.5) is 5.69 Å². The number of aromatic amines is 1. The summed E-state index contributed by atoms with van der Waals surface area (Å²) in [5.74, 6) is 1.56. The maximum absolute atomic E-state index is 12.1. The Morgan fingerprint density at radius 3 is 2.62 bits per heavy atom. The summed E-state index contributed by atoms with van der Waals surface area (Å²) < 4.78 is 5.27. The summed E-state index contributed by atoms with van der Waals surface area (Å²) in [7, 11) is 0. The Morgan fingerprint density at radius 2 is 2.00 bits per heavy atom. The van der Waals surface area contributed by atoms with Crippen molar-refractivity contribution < 1.29 is 9.53 Å². The van der Waals surface area contributed by atoms with Crippen LogP contribution in [-0.4, -0.2) is 34.3 Å². The van der Waals surface area contributed by atoms with Crippen LogP contribution in [0.1, 0.15) is 18.7 Å². The van der Waals surface area contributed by atoms with E-state index in [0.29, 0.717) is 19.0 Å². The molecule has 2 heterocycles. The van der Waals surface area contributed by atoms with E-state index < -0.39 is 0 Å². The van der Waals surface area contributed by atoms with Crippen LogP contribution >= 0.6 is 0 Å². The van der Waals surface area contributed by atoms with Gasteiger partial charge in [0, 0.05) is 30.4 Å². The van der Waals surface area contributed by atoms with Gasteiger partial charge in [0.1, 0.15) is 5.82 Å². The van der Waals surface area contributed by atoms with Crippen molar-refractivity contribution in [1.29, 1.82) is 0 Å². The van der Waals surface area contributed by atoms with Gasteiger partial charge < -0.3 is 10.1 Å². The molecule has 0 atom stereocenters. The van der Waals surface area contributed by atoms with Gasteiger partial charge in [0.15, 0.2) is 5.82 Å². The minimum absolute atomic E-state index is 0.0501. The molecule has 2 N–H and O–H groups in total. The zero-order valence-corrected chi connectivity index (χ0v) is 11.9. The normalized spacial score (nSPS) is 15.9. The van der Waals surface area contributed by atoms with Gasteiger partial charge in [-0.05, 0) is 44.0 Å². The van der Waals surface area contributed by atoms with Gasteiger partial charge in [0.05, 0.1) is 0 Å². The number of anilines is 1. The molecule has 1 saturated heterocycles. The molecule has 0 unspecified atom stereocenters. The number of nitrogens with zero attached hydrogens (tertiary/aromatic N) is 2. The maximum Gasteiger partial charge on any atom is 0.227 e. The minimum atomic E-state index is 0.0501. The first-order chi connectivity index (χ1) is 10.2. The van der Waals surface area contributed by atoms with Crippen LogP contribution in [0.5, 0.6) is 0 Å². The molecule has 3 rings (SSSR count). The Labute approximate surface area is 122 Å². The smallest absolute Gasteiger partial charge is 0.227 e. The van der Waals surface area contributed by atoms with E-state index in [9.17, 15) is 4.79 Å². The number of rotatable bonds is 3. The Kier molecular flexibility index (Phi) is 3.96. The standard InChI is InChI=1S/C15H18N4O2/c1-10-16-14(19-18-10)11-2-4-13(5-3-11)17-15(20)12-6-8-21-9-7-12/h2-5,12H,6-9H2,1H3,(H,17,20)(H,16,18,19). The number of hydrogen-bond donors (Lipinski definition) is 2. The molecule has 0 bridgehead atoms.